The molecule has 68 valence electrons. The van der Waals surface area contributed by atoms with Crippen molar-refractivity contribution in [2.75, 3.05) is 13.2 Å². The second-order valence-electron chi connectivity index (χ2n) is 3.84. The van der Waals surface area contributed by atoms with E-state index in [1.165, 1.54) is 12.8 Å². The summed E-state index contributed by atoms with van der Waals surface area (Å²) >= 11 is 0. The van der Waals surface area contributed by atoms with E-state index in [2.05, 4.69) is 0 Å². The van der Waals surface area contributed by atoms with E-state index in [0.717, 1.165) is 26.1 Å². The van der Waals surface area contributed by atoms with Crippen molar-refractivity contribution in [1.82, 2.24) is 0 Å². The molecule has 2 aliphatic rings. The second kappa shape index (κ2) is 3.35. The van der Waals surface area contributed by atoms with Gasteiger partial charge in [0.25, 0.3) is 0 Å². The van der Waals surface area contributed by atoms with Crippen LogP contribution in [-0.2, 0) is 9.47 Å². The lowest BCUT2D eigenvalue weighted by atomic mass is 10.1. The molecule has 2 rings (SSSR count). The van der Waals surface area contributed by atoms with Crippen molar-refractivity contribution in [3.05, 3.63) is 6.92 Å². The molecule has 0 bridgehead atoms. The quantitative estimate of drug-likeness (QED) is 0.596. The summed E-state index contributed by atoms with van der Waals surface area (Å²) in [5, 5.41) is 0. The Hall–Kier alpha value is -0.0800. The highest BCUT2D eigenvalue weighted by molar-refractivity contribution is 4.81. The summed E-state index contributed by atoms with van der Waals surface area (Å²) in [6, 6.07) is 0. The summed E-state index contributed by atoms with van der Waals surface area (Å²) < 4.78 is 11.5. The predicted molar refractivity (Wildman–Crippen MR) is 45.5 cm³/mol. The van der Waals surface area contributed by atoms with Crippen LogP contribution in [0.3, 0.4) is 0 Å². The second-order valence-corrected chi connectivity index (χ2v) is 3.84. The molecule has 2 radical (unpaired) electrons. The van der Waals surface area contributed by atoms with Crippen molar-refractivity contribution < 1.29 is 9.47 Å². The Morgan fingerprint density at radius 2 is 1.75 bits per heavy atom. The molecular formula is C10H16O2. The Morgan fingerprint density at radius 3 is 2.25 bits per heavy atom. The minimum Gasteiger partial charge on any atom is -0.350 e. The van der Waals surface area contributed by atoms with Gasteiger partial charge in [0.15, 0.2) is 5.79 Å². The zero-order valence-electron chi connectivity index (χ0n) is 7.42. The highest BCUT2D eigenvalue weighted by Gasteiger charge is 2.39. The molecular weight excluding hydrogens is 152 g/mol. The van der Waals surface area contributed by atoms with Gasteiger partial charge in [0.05, 0.1) is 13.2 Å². The predicted octanol–water partition coefficient (Wildman–Crippen LogP) is 2.02. The normalized spacial score (nSPS) is 29.8. The van der Waals surface area contributed by atoms with Crippen molar-refractivity contribution in [3.63, 3.8) is 0 Å². The number of rotatable bonds is 1. The minimum atomic E-state index is -0.203. The van der Waals surface area contributed by atoms with Crippen LogP contribution in [0.4, 0.5) is 0 Å². The molecule has 2 nitrogen and oxygen atoms in total. The van der Waals surface area contributed by atoms with E-state index >= 15 is 0 Å². The van der Waals surface area contributed by atoms with Gasteiger partial charge in [-0.05, 0) is 26.2 Å². The molecule has 0 amide bonds. The molecule has 2 fully saturated rings. The van der Waals surface area contributed by atoms with Crippen LogP contribution in [0.1, 0.15) is 32.1 Å². The first kappa shape index (κ1) is 8.52. The average Bonchev–Trinajstić information content (AvgIpc) is 2.55. The summed E-state index contributed by atoms with van der Waals surface area (Å²) in [5.41, 5.74) is 0. The van der Waals surface area contributed by atoms with Gasteiger partial charge < -0.3 is 9.47 Å². The Bertz CT molecular complexity index is 140. The topological polar surface area (TPSA) is 18.5 Å². The SMILES string of the molecule is [CH]CC1COC2(CCCC2)OC1. The Balaban J connectivity index is 1.88. The van der Waals surface area contributed by atoms with Crippen molar-refractivity contribution in [1.29, 1.82) is 0 Å². The number of hydrogen-bond donors (Lipinski definition) is 0. The molecule has 1 heterocycles. The first-order valence-corrected chi connectivity index (χ1v) is 4.83. The fourth-order valence-electron chi connectivity index (χ4n) is 1.97. The molecule has 0 aromatic carbocycles. The fraction of sp³-hybridized carbons (Fsp3) is 0.900. The Labute approximate surface area is 74.2 Å². The molecule has 1 saturated heterocycles. The van der Waals surface area contributed by atoms with Crippen molar-refractivity contribution >= 4 is 0 Å². The van der Waals surface area contributed by atoms with Crippen LogP contribution in [-0.4, -0.2) is 19.0 Å². The molecule has 0 atom stereocenters. The van der Waals surface area contributed by atoms with Crippen molar-refractivity contribution in [2.45, 2.75) is 37.9 Å². The first-order chi connectivity index (χ1) is 5.85. The van der Waals surface area contributed by atoms with Gasteiger partial charge >= 0.3 is 0 Å². The summed E-state index contributed by atoms with van der Waals surface area (Å²) in [6.45, 7) is 7.11. The standard InChI is InChI=1S/C10H16O2/c1-2-9-7-11-10(12-8-9)5-3-4-6-10/h1,9H,2-8H2. The van der Waals surface area contributed by atoms with Gasteiger partial charge in [-0.15, -0.1) is 0 Å². The monoisotopic (exact) mass is 168 g/mol. The summed E-state index contributed by atoms with van der Waals surface area (Å²) in [5.74, 6) is 0.210. The van der Waals surface area contributed by atoms with Gasteiger partial charge in [-0.2, -0.15) is 0 Å². The molecule has 1 spiro atoms. The van der Waals surface area contributed by atoms with E-state index in [1.54, 1.807) is 0 Å². The minimum absolute atomic E-state index is 0.203. The third-order valence-corrected chi connectivity index (χ3v) is 2.86. The summed E-state index contributed by atoms with van der Waals surface area (Å²) in [6.07, 6.45) is 5.31. The lowest BCUT2D eigenvalue weighted by Gasteiger charge is -2.37. The van der Waals surface area contributed by atoms with E-state index in [9.17, 15) is 0 Å². The van der Waals surface area contributed by atoms with Crippen molar-refractivity contribution in [2.24, 2.45) is 5.92 Å². The van der Waals surface area contributed by atoms with Gasteiger partial charge in [-0.3, -0.25) is 0 Å². The van der Waals surface area contributed by atoms with E-state index in [4.69, 9.17) is 16.4 Å². The van der Waals surface area contributed by atoms with Crippen LogP contribution in [0.25, 0.3) is 0 Å². The molecule has 1 saturated carbocycles. The van der Waals surface area contributed by atoms with Gasteiger partial charge in [-0.1, -0.05) is 0 Å². The Morgan fingerprint density at radius 1 is 1.17 bits per heavy atom. The number of ether oxygens (including phenoxy) is 2. The first-order valence-electron chi connectivity index (χ1n) is 4.83. The van der Waals surface area contributed by atoms with Crippen LogP contribution >= 0.6 is 0 Å². The fourth-order valence-corrected chi connectivity index (χ4v) is 1.97. The van der Waals surface area contributed by atoms with Crippen LogP contribution in [0.5, 0.6) is 0 Å². The maximum atomic E-state index is 5.73. The molecule has 0 N–H and O–H groups in total. The maximum Gasteiger partial charge on any atom is 0.168 e. The number of hydrogen-bond acceptors (Lipinski definition) is 2. The van der Waals surface area contributed by atoms with E-state index in [1.807, 2.05) is 0 Å². The van der Waals surface area contributed by atoms with Crippen LogP contribution in [0, 0.1) is 12.8 Å². The summed E-state index contributed by atoms with van der Waals surface area (Å²) in [4.78, 5) is 0. The molecule has 0 aromatic rings. The molecule has 1 aliphatic carbocycles. The molecule has 0 aromatic heterocycles. The summed E-state index contributed by atoms with van der Waals surface area (Å²) in [7, 11) is 0. The highest BCUT2D eigenvalue weighted by atomic mass is 16.7. The molecule has 0 unspecified atom stereocenters. The van der Waals surface area contributed by atoms with E-state index in [0.29, 0.717) is 12.3 Å². The van der Waals surface area contributed by atoms with Gasteiger partial charge in [0.1, 0.15) is 0 Å². The third kappa shape index (κ3) is 1.50. The molecule has 1 aliphatic heterocycles. The zero-order valence-corrected chi connectivity index (χ0v) is 7.42. The third-order valence-electron chi connectivity index (χ3n) is 2.86. The van der Waals surface area contributed by atoms with Gasteiger partial charge in [-0.25, -0.2) is 0 Å². The largest absolute Gasteiger partial charge is 0.350 e. The zero-order chi connectivity index (χ0) is 8.44. The van der Waals surface area contributed by atoms with Crippen LogP contribution in [0.15, 0.2) is 0 Å². The molecule has 12 heavy (non-hydrogen) atoms. The molecule has 2 heteroatoms. The van der Waals surface area contributed by atoms with Crippen LogP contribution < -0.4 is 0 Å². The smallest absolute Gasteiger partial charge is 0.168 e. The van der Waals surface area contributed by atoms with E-state index < -0.39 is 0 Å². The van der Waals surface area contributed by atoms with Gasteiger partial charge in [0, 0.05) is 18.8 Å². The lowest BCUT2D eigenvalue weighted by molar-refractivity contribution is -0.278. The Kier molecular flexibility index (Phi) is 2.37. The van der Waals surface area contributed by atoms with Crippen LogP contribution in [0.2, 0.25) is 0 Å². The highest BCUT2D eigenvalue weighted by Crippen LogP contribution is 2.37. The lowest BCUT2D eigenvalue weighted by Crippen LogP contribution is -2.41. The van der Waals surface area contributed by atoms with Gasteiger partial charge in [0.2, 0.25) is 0 Å². The maximum absolute atomic E-state index is 5.73. The average molecular weight is 168 g/mol. The van der Waals surface area contributed by atoms with Crippen molar-refractivity contribution in [3.8, 4) is 0 Å². The van der Waals surface area contributed by atoms with E-state index in [-0.39, 0.29) is 5.79 Å².